The predicted octanol–water partition coefficient (Wildman–Crippen LogP) is 2.14. The Morgan fingerprint density at radius 1 is 1.60 bits per heavy atom. The van der Waals surface area contributed by atoms with Gasteiger partial charge in [-0.3, -0.25) is 4.79 Å². The van der Waals surface area contributed by atoms with Gasteiger partial charge in [0, 0.05) is 29.5 Å². The molecule has 1 unspecified atom stereocenters. The van der Waals surface area contributed by atoms with Crippen LogP contribution in [0, 0.1) is 0 Å². The molecule has 1 aromatic rings. The van der Waals surface area contributed by atoms with E-state index in [-0.39, 0.29) is 11.5 Å². The molecule has 1 saturated heterocycles. The molecule has 0 aromatic carbocycles. The zero-order valence-corrected chi connectivity index (χ0v) is 12.0. The molecule has 1 atom stereocenters. The molecule has 0 saturated carbocycles. The minimum absolute atomic E-state index is 0.159. The normalized spacial score (nSPS) is 22.2. The lowest BCUT2D eigenvalue weighted by atomic mass is 10.0. The minimum Gasteiger partial charge on any atom is -0.478 e. The first-order valence-corrected chi connectivity index (χ1v) is 7.28. The third kappa shape index (κ3) is 3.91. The van der Waals surface area contributed by atoms with Gasteiger partial charge in [0.2, 0.25) is 0 Å². The van der Waals surface area contributed by atoms with Crippen LogP contribution < -0.4 is 5.32 Å². The summed E-state index contributed by atoms with van der Waals surface area (Å²) in [6, 6.07) is 1.68. The SMILES string of the molecule is CC1(CNC(=O)c2csc(/C=C/C(=O)O)c2)CCCO1. The van der Waals surface area contributed by atoms with Crippen LogP contribution in [0.1, 0.15) is 35.0 Å². The van der Waals surface area contributed by atoms with E-state index >= 15 is 0 Å². The maximum Gasteiger partial charge on any atom is 0.328 e. The molecule has 2 N–H and O–H groups in total. The minimum atomic E-state index is -1.00. The monoisotopic (exact) mass is 295 g/mol. The highest BCUT2D eigenvalue weighted by Crippen LogP contribution is 2.24. The maximum absolute atomic E-state index is 12.0. The number of amides is 1. The van der Waals surface area contributed by atoms with Crippen LogP contribution in [0.5, 0.6) is 0 Å². The summed E-state index contributed by atoms with van der Waals surface area (Å²) in [6.07, 6.45) is 4.50. The average molecular weight is 295 g/mol. The number of nitrogens with one attached hydrogen (secondary N) is 1. The van der Waals surface area contributed by atoms with Gasteiger partial charge in [0.15, 0.2) is 0 Å². The van der Waals surface area contributed by atoms with E-state index in [4.69, 9.17) is 9.84 Å². The largest absolute Gasteiger partial charge is 0.478 e. The van der Waals surface area contributed by atoms with Crippen LogP contribution in [0.25, 0.3) is 6.08 Å². The number of carboxylic acid groups (broad SMARTS) is 1. The number of hydrogen-bond acceptors (Lipinski definition) is 4. The van der Waals surface area contributed by atoms with Crippen molar-refractivity contribution in [1.82, 2.24) is 5.32 Å². The highest BCUT2D eigenvalue weighted by molar-refractivity contribution is 7.11. The highest BCUT2D eigenvalue weighted by Gasteiger charge is 2.30. The van der Waals surface area contributed by atoms with E-state index in [2.05, 4.69) is 5.32 Å². The van der Waals surface area contributed by atoms with E-state index in [0.717, 1.165) is 30.4 Å². The predicted molar refractivity (Wildman–Crippen MR) is 76.9 cm³/mol. The summed E-state index contributed by atoms with van der Waals surface area (Å²) in [6.45, 7) is 3.23. The lowest BCUT2D eigenvalue weighted by molar-refractivity contribution is -0.131. The molecule has 1 aromatic heterocycles. The van der Waals surface area contributed by atoms with Crippen molar-refractivity contribution < 1.29 is 19.4 Å². The Hall–Kier alpha value is -1.66. The molecule has 2 heterocycles. The molecule has 6 heteroatoms. The fraction of sp³-hybridized carbons (Fsp3) is 0.429. The molecule has 0 spiro atoms. The van der Waals surface area contributed by atoms with E-state index in [1.165, 1.54) is 17.4 Å². The molecule has 0 aliphatic carbocycles. The van der Waals surface area contributed by atoms with Gasteiger partial charge in [-0.1, -0.05) is 0 Å². The van der Waals surface area contributed by atoms with E-state index in [1.54, 1.807) is 11.4 Å². The number of rotatable bonds is 5. The summed E-state index contributed by atoms with van der Waals surface area (Å²) in [5.41, 5.74) is 0.277. The van der Waals surface area contributed by atoms with E-state index in [0.29, 0.717) is 12.1 Å². The number of carbonyl (C=O) groups is 2. The zero-order valence-electron chi connectivity index (χ0n) is 11.2. The van der Waals surface area contributed by atoms with Gasteiger partial charge in [0.1, 0.15) is 0 Å². The van der Waals surface area contributed by atoms with Crippen molar-refractivity contribution in [3.63, 3.8) is 0 Å². The fourth-order valence-electron chi connectivity index (χ4n) is 2.06. The third-order valence-corrected chi connectivity index (χ3v) is 4.09. The number of carbonyl (C=O) groups excluding carboxylic acids is 1. The molecule has 1 aliphatic heterocycles. The summed E-state index contributed by atoms with van der Waals surface area (Å²) in [5, 5.41) is 13.1. The molecule has 5 nitrogen and oxygen atoms in total. The van der Waals surface area contributed by atoms with Crippen molar-refractivity contribution in [1.29, 1.82) is 0 Å². The van der Waals surface area contributed by atoms with Crippen molar-refractivity contribution in [3.05, 3.63) is 28.0 Å². The first-order valence-electron chi connectivity index (χ1n) is 6.40. The van der Waals surface area contributed by atoms with Crippen molar-refractivity contribution >= 4 is 29.3 Å². The summed E-state index contributed by atoms with van der Waals surface area (Å²) in [5.74, 6) is -1.16. The third-order valence-electron chi connectivity index (χ3n) is 3.20. The highest BCUT2D eigenvalue weighted by atomic mass is 32.1. The number of aliphatic carboxylic acids is 1. The Bertz CT molecular complexity index is 529. The quantitative estimate of drug-likeness (QED) is 0.816. The number of thiophene rings is 1. The molecule has 0 bridgehead atoms. The van der Waals surface area contributed by atoms with Gasteiger partial charge in [0.05, 0.1) is 11.2 Å². The van der Waals surface area contributed by atoms with Crippen molar-refractivity contribution in [2.75, 3.05) is 13.2 Å². The van der Waals surface area contributed by atoms with Gasteiger partial charge >= 0.3 is 5.97 Å². The van der Waals surface area contributed by atoms with Crippen LogP contribution in [-0.2, 0) is 9.53 Å². The van der Waals surface area contributed by atoms with Crippen LogP contribution in [0.3, 0.4) is 0 Å². The summed E-state index contributed by atoms with van der Waals surface area (Å²) < 4.78 is 5.61. The molecule has 2 rings (SSSR count). The molecule has 108 valence electrons. The van der Waals surface area contributed by atoms with E-state index < -0.39 is 5.97 Å². The van der Waals surface area contributed by atoms with Gasteiger partial charge in [-0.25, -0.2) is 4.79 Å². The smallest absolute Gasteiger partial charge is 0.328 e. The lowest BCUT2D eigenvalue weighted by Gasteiger charge is -2.23. The lowest BCUT2D eigenvalue weighted by Crippen LogP contribution is -2.39. The van der Waals surface area contributed by atoms with Crippen LogP contribution >= 0.6 is 11.3 Å². The van der Waals surface area contributed by atoms with Gasteiger partial charge in [-0.2, -0.15) is 0 Å². The van der Waals surface area contributed by atoms with Gasteiger partial charge in [-0.15, -0.1) is 11.3 Å². The second-order valence-corrected chi connectivity index (χ2v) is 5.94. The van der Waals surface area contributed by atoms with Crippen LogP contribution in [0.4, 0.5) is 0 Å². The zero-order chi connectivity index (χ0) is 14.6. The van der Waals surface area contributed by atoms with Crippen LogP contribution in [0.2, 0.25) is 0 Å². The maximum atomic E-state index is 12.0. The average Bonchev–Trinajstić information content (AvgIpc) is 3.03. The molecule has 1 aliphatic rings. The van der Waals surface area contributed by atoms with E-state index in [9.17, 15) is 9.59 Å². The first-order chi connectivity index (χ1) is 9.48. The van der Waals surface area contributed by atoms with Crippen molar-refractivity contribution in [2.24, 2.45) is 0 Å². The Kier molecular flexibility index (Phi) is 4.57. The summed E-state index contributed by atoms with van der Waals surface area (Å²) in [7, 11) is 0. The van der Waals surface area contributed by atoms with Crippen molar-refractivity contribution in [2.45, 2.75) is 25.4 Å². The number of carboxylic acids is 1. The van der Waals surface area contributed by atoms with Gasteiger partial charge < -0.3 is 15.2 Å². The Balaban J connectivity index is 1.91. The fourth-order valence-corrected chi connectivity index (χ4v) is 2.84. The van der Waals surface area contributed by atoms with Gasteiger partial charge in [-0.05, 0) is 31.9 Å². The second kappa shape index (κ2) is 6.19. The van der Waals surface area contributed by atoms with Crippen LogP contribution in [-0.4, -0.2) is 35.7 Å². The molecule has 20 heavy (non-hydrogen) atoms. The Morgan fingerprint density at radius 2 is 2.40 bits per heavy atom. The molecular formula is C14H17NO4S. The molecular weight excluding hydrogens is 278 g/mol. The van der Waals surface area contributed by atoms with Crippen LogP contribution in [0.15, 0.2) is 17.5 Å². The van der Waals surface area contributed by atoms with Gasteiger partial charge in [0.25, 0.3) is 5.91 Å². The van der Waals surface area contributed by atoms with E-state index in [1.807, 2.05) is 6.92 Å². The number of hydrogen-bond donors (Lipinski definition) is 2. The molecule has 1 amide bonds. The number of ether oxygens (including phenoxy) is 1. The standard InChI is InChI=1S/C14H17NO4S/c1-14(5-2-6-19-14)9-15-13(18)10-7-11(20-8-10)3-4-12(16)17/h3-4,7-8H,2,5-6,9H2,1H3,(H,15,18)(H,16,17)/b4-3+. The Labute approximate surface area is 121 Å². The second-order valence-electron chi connectivity index (χ2n) is 4.99. The Morgan fingerprint density at radius 3 is 3.05 bits per heavy atom. The van der Waals surface area contributed by atoms with Crippen molar-refractivity contribution in [3.8, 4) is 0 Å². The topological polar surface area (TPSA) is 75.6 Å². The first kappa shape index (κ1) is 14.7. The molecule has 1 fully saturated rings. The summed E-state index contributed by atoms with van der Waals surface area (Å²) >= 11 is 1.33. The molecule has 0 radical (unpaired) electrons. The summed E-state index contributed by atoms with van der Waals surface area (Å²) in [4.78, 5) is 23.2.